The van der Waals surface area contributed by atoms with E-state index in [1.807, 2.05) is 37.3 Å². The largest absolute Gasteiger partial charge is 0.465 e. The van der Waals surface area contributed by atoms with Gasteiger partial charge in [0.05, 0.1) is 24.6 Å². The van der Waals surface area contributed by atoms with Crippen LogP contribution in [0.2, 0.25) is 0 Å². The first-order valence-corrected chi connectivity index (χ1v) is 8.22. The van der Waals surface area contributed by atoms with E-state index in [1.165, 1.54) is 12.7 Å². The van der Waals surface area contributed by atoms with E-state index in [2.05, 4.69) is 23.5 Å². The quantitative estimate of drug-likeness (QED) is 0.409. The molecule has 1 aromatic heterocycles. The Morgan fingerprint density at radius 1 is 1.12 bits per heavy atom. The summed E-state index contributed by atoms with van der Waals surface area (Å²) >= 11 is 0. The Bertz CT molecular complexity index is 957. The number of aryl methyl sites for hydroxylation is 2. The summed E-state index contributed by atoms with van der Waals surface area (Å²) in [4.78, 5) is 11.6. The molecule has 3 rings (SSSR count). The molecule has 0 aliphatic carbocycles. The van der Waals surface area contributed by atoms with Gasteiger partial charge < -0.3 is 9.15 Å². The van der Waals surface area contributed by atoms with Gasteiger partial charge in [-0.2, -0.15) is 5.10 Å². The lowest BCUT2D eigenvalue weighted by atomic mass is 10.1. The van der Waals surface area contributed by atoms with Crippen LogP contribution in [0.1, 0.15) is 27.2 Å². The number of rotatable bonds is 5. The van der Waals surface area contributed by atoms with Gasteiger partial charge in [0.2, 0.25) is 0 Å². The zero-order valence-corrected chi connectivity index (χ0v) is 14.9. The van der Waals surface area contributed by atoms with Crippen LogP contribution in [0.5, 0.6) is 0 Å². The van der Waals surface area contributed by atoms with Crippen molar-refractivity contribution < 1.29 is 13.9 Å². The van der Waals surface area contributed by atoms with Crippen LogP contribution in [0.15, 0.2) is 64.1 Å². The van der Waals surface area contributed by atoms with Crippen molar-refractivity contribution in [1.29, 1.82) is 0 Å². The van der Waals surface area contributed by atoms with Crippen LogP contribution < -0.4 is 5.43 Å². The Hall–Kier alpha value is -3.34. The third-order valence-electron chi connectivity index (χ3n) is 3.95. The molecule has 0 saturated heterocycles. The Balaban J connectivity index is 1.73. The second-order valence-corrected chi connectivity index (χ2v) is 5.96. The number of carbonyl (C=O) groups is 1. The topological polar surface area (TPSA) is 63.8 Å². The van der Waals surface area contributed by atoms with Crippen molar-refractivity contribution in [3.05, 3.63) is 77.0 Å². The average molecular weight is 348 g/mol. The van der Waals surface area contributed by atoms with E-state index in [-0.39, 0.29) is 5.97 Å². The maximum atomic E-state index is 11.6. The molecule has 0 saturated carbocycles. The van der Waals surface area contributed by atoms with Crippen LogP contribution in [-0.2, 0) is 4.74 Å². The van der Waals surface area contributed by atoms with Crippen molar-refractivity contribution in [2.75, 3.05) is 12.5 Å². The molecule has 0 radical (unpaired) electrons. The van der Waals surface area contributed by atoms with Crippen LogP contribution in [0.4, 0.5) is 5.69 Å². The molecule has 0 fully saturated rings. The summed E-state index contributed by atoms with van der Waals surface area (Å²) < 4.78 is 10.5. The molecule has 0 atom stereocenters. The van der Waals surface area contributed by atoms with Crippen LogP contribution in [0.25, 0.3) is 11.3 Å². The molecular formula is C21H20N2O3. The minimum Gasteiger partial charge on any atom is -0.465 e. The number of hydrogen-bond acceptors (Lipinski definition) is 5. The molecule has 3 aromatic rings. The number of hydrazone groups is 1. The molecule has 5 nitrogen and oxygen atoms in total. The van der Waals surface area contributed by atoms with Gasteiger partial charge in [-0.3, -0.25) is 5.43 Å². The maximum Gasteiger partial charge on any atom is 0.337 e. The lowest BCUT2D eigenvalue weighted by molar-refractivity contribution is 0.0601. The molecule has 2 aromatic carbocycles. The van der Waals surface area contributed by atoms with Crippen molar-refractivity contribution in [1.82, 2.24) is 0 Å². The second kappa shape index (κ2) is 7.70. The molecule has 0 spiro atoms. The van der Waals surface area contributed by atoms with Gasteiger partial charge in [0.1, 0.15) is 11.5 Å². The first-order valence-electron chi connectivity index (χ1n) is 8.22. The number of benzene rings is 2. The normalized spacial score (nSPS) is 10.9. The number of nitrogens with zero attached hydrogens (tertiary/aromatic N) is 1. The summed E-state index contributed by atoms with van der Waals surface area (Å²) in [5.74, 6) is 0.891. The Morgan fingerprint density at radius 2 is 1.96 bits per heavy atom. The fourth-order valence-electron chi connectivity index (χ4n) is 2.60. The molecule has 5 heteroatoms. The van der Waals surface area contributed by atoms with E-state index in [0.29, 0.717) is 17.1 Å². The number of methoxy groups -OCH3 is 1. The van der Waals surface area contributed by atoms with Crippen LogP contribution >= 0.6 is 0 Å². The van der Waals surface area contributed by atoms with Crippen LogP contribution in [0, 0.1) is 13.8 Å². The highest BCUT2D eigenvalue weighted by Crippen LogP contribution is 2.23. The monoisotopic (exact) mass is 348 g/mol. The molecule has 132 valence electrons. The average Bonchev–Trinajstić information content (AvgIpc) is 3.12. The first kappa shape index (κ1) is 17.5. The lowest BCUT2D eigenvalue weighted by Gasteiger charge is -2.05. The fourth-order valence-corrected chi connectivity index (χ4v) is 2.60. The van der Waals surface area contributed by atoms with Gasteiger partial charge in [-0.05, 0) is 49.7 Å². The highest BCUT2D eigenvalue weighted by atomic mass is 16.5. The molecule has 0 aliphatic rings. The highest BCUT2D eigenvalue weighted by molar-refractivity contribution is 5.90. The van der Waals surface area contributed by atoms with E-state index in [1.54, 1.807) is 24.4 Å². The summed E-state index contributed by atoms with van der Waals surface area (Å²) in [5, 5.41) is 4.23. The predicted molar refractivity (Wildman–Crippen MR) is 103 cm³/mol. The molecule has 1 heterocycles. The molecule has 0 bridgehead atoms. The van der Waals surface area contributed by atoms with Gasteiger partial charge in [-0.25, -0.2) is 4.79 Å². The molecule has 0 unspecified atom stereocenters. The molecule has 0 aliphatic heterocycles. The van der Waals surface area contributed by atoms with Crippen molar-refractivity contribution in [2.24, 2.45) is 5.10 Å². The van der Waals surface area contributed by atoms with Gasteiger partial charge in [-0.15, -0.1) is 0 Å². The number of furan rings is 1. The minimum absolute atomic E-state index is 0.377. The summed E-state index contributed by atoms with van der Waals surface area (Å²) in [6, 6.07) is 16.9. The molecule has 1 N–H and O–H groups in total. The standard InChI is InChI=1S/C21H20N2O3/c1-14-7-9-19(15(2)11-14)23-22-13-18-8-10-20(26-18)16-5-4-6-17(12-16)21(24)25-3/h4-13,23H,1-3H3. The van der Waals surface area contributed by atoms with Gasteiger partial charge >= 0.3 is 5.97 Å². The van der Waals surface area contributed by atoms with Gasteiger partial charge in [0, 0.05) is 5.56 Å². The fraction of sp³-hybridized carbons (Fsp3) is 0.143. The molecule has 26 heavy (non-hydrogen) atoms. The number of ether oxygens (including phenoxy) is 1. The maximum absolute atomic E-state index is 11.6. The number of carbonyl (C=O) groups excluding carboxylic acids is 1. The first-order chi connectivity index (χ1) is 12.6. The number of hydrogen-bond donors (Lipinski definition) is 1. The van der Waals surface area contributed by atoms with Crippen LogP contribution in [0.3, 0.4) is 0 Å². The summed E-state index contributed by atoms with van der Waals surface area (Å²) in [6.45, 7) is 4.09. The van der Waals surface area contributed by atoms with Gasteiger partial charge in [-0.1, -0.05) is 29.8 Å². The summed E-state index contributed by atoms with van der Waals surface area (Å²) in [5.41, 5.74) is 7.58. The predicted octanol–water partition coefficient (Wildman–Crippen LogP) is 4.80. The summed E-state index contributed by atoms with van der Waals surface area (Å²) in [6.07, 6.45) is 1.62. The third kappa shape index (κ3) is 4.00. The smallest absolute Gasteiger partial charge is 0.337 e. The minimum atomic E-state index is -0.377. The summed E-state index contributed by atoms with van der Waals surface area (Å²) in [7, 11) is 1.36. The Morgan fingerprint density at radius 3 is 2.73 bits per heavy atom. The Labute approximate surface area is 152 Å². The van der Waals surface area contributed by atoms with Crippen molar-refractivity contribution >= 4 is 17.9 Å². The second-order valence-electron chi connectivity index (χ2n) is 5.96. The SMILES string of the molecule is COC(=O)c1cccc(-c2ccc(C=NNc3ccc(C)cc3C)o2)c1. The third-order valence-corrected chi connectivity index (χ3v) is 3.95. The zero-order chi connectivity index (χ0) is 18.5. The van der Waals surface area contributed by atoms with E-state index in [4.69, 9.17) is 9.15 Å². The van der Waals surface area contributed by atoms with Crippen molar-refractivity contribution in [2.45, 2.75) is 13.8 Å². The van der Waals surface area contributed by atoms with Crippen LogP contribution in [-0.4, -0.2) is 19.3 Å². The zero-order valence-electron chi connectivity index (χ0n) is 14.9. The van der Waals surface area contributed by atoms with E-state index in [0.717, 1.165) is 16.8 Å². The molecular weight excluding hydrogens is 328 g/mol. The van der Waals surface area contributed by atoms with Crippen molar-refractivity contribution in [3.8, 4) is 11.3 Å². The molecule has 0 amide bonds. The number of esters is 1. The van der Waals surface area contributed by atoms with E-state index < -0.39 is 0 Å². The van der Waals surface area contributed by atoms with Gasteiger partial charge in [0.15, 0.2) is 0 Å². The van der Waals surface area contributed by atoms with E-state index >= 15 is 0 Å². The van der Waals surface area contributed by atoms with E-state index in [9.17, 15) is 4.79 Å². The van der Waals surface area contributed by atoms with Gasteiger partial charge in [0.25, 0.3) is 0 Å². The lowest BCUT2D eigenvalue weighted by Crippen LogP contribution is -2.00. The number of nitrogens with one attached hydrogen (secondary N) is 1. The number of anilines is 1. The van der Waals surface area contributed by atoms with Crippen molar-refractivity contribution in [3.63, 3.8) is 0 Å². The Kier molecular flexibility index (Phi) is 5.17. The highest BCUT2D eigenvalue weighted by Gasteiger charge is 2.09.